The van der Waals surface area contributed by atoms with Crippen LogP contribution in [0, 0.1) is 6.92 Å². The maximum atomic E-state index is 11.2. The summed E-state index contributed by atoms with van der Waals surface area (Å²) in [5, 5.41) is 5.79. The molecule has 0 unspecified atom stereocenters. The zero-order valence-electron chi connectivity index (χ0n) is 7.52. The highest BCUT2D eigenvalue weighted by atomic mass is 32.2. The number of para-hydroxylation sites is 1. The third kappa shape index (κ3) is 1.40. The Morgan fingerprint density at radius 1 is 1.36 bits per heavy atom. The van der Waals surface area contributed by atoms with E-state index >= 15 is 0 Å². The summed E-state index contributed by atoms with van der Waals surface area (Å²) in [5.41, 5.74) is 0.326. The molecule has 0 spiro atoms. The standard InChI is InChI=1S/C9H9NO3S/c1-6-5-7-3-2-4-8(9(7)13-6)14(10,11)12/h2-5H,1H3,(H2,10,11,12). The summed E-state index contributed by atoms with van der Waals surface area (Å²) in [6.45, 7) is 1.76. The topological polar surface area (TPSA) is 73.3 Å². The molecular formula is C9H9NO3S. The fourth-order valence-corrected chi connectivity index (χ4v) is 2.08. The number of hydrogen-bond acceptors (Lipinski definition) is 3. The number of benzene rings is 1. The molecule has 0 aliphatic carbocycles. The van der Waals surface area contributed by atoms with Gasteiger partial charge in [0.25, 0.3) is 0 Å². The van der Waals surface area contributed by atoms with Crippen molar-refractivity contribution in [1.29, 1.82) is 0 Å². The second-order valence-electron chi connectivity index (χ2n) is 3.08. The lowest BCUT2D eigenvalue weighted by molar-refractivity contribution is 0.565. The van der Waals surface area contributed by atoms with Crippen LogP contribution >= 0.6 is 0 Å². The summed E-state index contributed by atoms with van der Waals surface area (Å²) in [7, 11) is -3.71. The molecule has 0 aliphatic heterocycles. The third-order valence-corrected chi connectivity index (χ3v) is 2.87. The molecule has 2 N–H and O–H groups in total. The van der Waals surface area contributed by atoms with Gasteiger partial charge in [-0.15, -0.1) is 0 Å². The van der Waals surface area contributed by atoms with E-state index < -0.39 is 10.0 Å². The van der Waals surface area contributed by atoms with Crippen LogP contribution in [0.1, 0.15) is 5.76 Å². The lowest BCUT2D eigenvalue weighted by Gasteiger charge is -1.97. The first-order valence-corrected chi connectivity index (χ1v) is 5.55. The average Bonchev–Trinajstić information content (AvgIpc) is 2.41. The molecule has 5 heteroatoms. The van der Waals surface area contributed by atoms with Gasteiger partial charge < -0.3 is 4.42 Å². The van der Waals surface area contributed by atoms with E-state index in [-0.39, 0.29) is 4.90 Å². The van der Waals surface area contributed by atoms with Crippen LogP contribution in [-0.4, -0.2) is 8.42 Å². The van der Waals surface area contributed by atoms with Gasteiger partial charge in [0.1, 0.15) is 10.7 Å². The molecule has 0 aliphatic rings. The number of primary sulfonamides is 1. The van der Waals surface area contributed by atoms with Gasteiger partial charge in [0.2, 0.25) is 10.0 Å². The van der Waals surface area contributed by atoms with Crippen LogP contribution in [-0.2, 0) is 10.0 Å². The van der Waals surface area contributed by atoms with E-state index in [0.29, 0.717) is 11.3 Å². The molecule has 0 radical (unpaired) electrons. The van der Waals surface area contributed by atoms with Gasteiger partial charge in [-0.05, 0) is 19.1 Å². The Labute approximate surface area is 81.4 Å². The maximum absolute atomic E-state index is 11.2. The van der Waals surface area contributed by atoms with Crippen molar-refractivity contribution in [2.45, 2.75) is 11.8 Å². The molecule has 0 saturated carbocycles. The van der Waals surface area contributed by atoms with Gasteiger partial charge in [0, 0.05) is 5.39 Å². The highest BCUT2D eigenvalue weighted by Crippen LogP contribution is 2.24. The van der Waals surface area contributed by atoms with Crippen molar-refractivity contribution in [2.24, 2.45) is 5.14 Å². The van der Waals surface area contributed by atoms with E-state index in [1.807, 2.05) is 0 Å². The predicted octanol–water partition coefficient (Wildman–Crippen LogP) is 1.39. The molecule has 0 amide bonds. The minimum atomic E-state index is -3.71. The summed E-state index contributed by atoms with van der Waals surface area (Å²) in [6.07, 6.45) is 0. The van der Waals surface area contributed by atoms with Gasteiger partial charge in [-0.2, -0.15) is 0 Å². The minimum Gasteiger partial charge on any atom is -0.460 e. The Kier molecular flexibility index (Phi) is 1.87. The van der Waals surface area contributed by atoms with Gasteiger partial charge in [-0.3, -0.25) is 0 Å². The molecule has 0 fully saturated rings. The number of nitrogens with two attached hydrogens (primary N) is 1. The van der Waals surface area contributed by atoms with Crippen LogP contribution in [0.2, 0.25) is 0 Å². The van der Waals surface area contributed by atoms with Crippen molar-refractivity contribution in [3.05, 3.63) is 30.0 Å². The van der Waals surface area contributed by atoms with E-state index in [0.717, 1.165) is 5.39 Å². The first-order valence-electron chi connectivity index (χ1n) is 4.00. The van der Waals surface area contributed by atoms with Crippen molar-refractivity contribution < 1.29 is 12.8 Å². The molecule has 4 nitrogen and oxygen atoms in total. The first-order chi connectivity index (χ1) is 6.48. The quantitative estimate of drug-likeness (QED) is 0.774. The summed E-state index contributed by atoms with van der Waals surface area (Å²) >= 11 is 0. The Morgan fingerprint density at radius 3 is 2.71 bits per heavy atom. The van der Waals surface area contributed by atoms with Gasteiger partial charge in [0.05, 0.1) is 0 Å². The monoisotopic (exact) mass is 211 g/mol. The Bertz CT molecular complexity index is 583. The SMILES string of the molecule is Cc1cc2cccc(S(N)(=O)=O)c2o1. The Balaban J connectivity index is 2.90. The largest absolute Gasteiger partial charge is 0.460 e. The van der Waals surface area contributed by atoms with Crippen LogP contribution in [0.25, 0.3) is 11.0 Å². The Hall–Kier alpha value is -1.33. The molecule has 0 atom stereocenters. The highest BCUT2D eigenvalue weighted by Gasteiger charge is 2.14. The van der Waals surface area contributed by atoms with E-state index in [1.165, 1.54) is 6.07 Å². The number of sulfonamides is 1. The van der Waals surface area contributed by atoms with E-state index in [1.54, 1.807) is 25.1 Å². The molecule has 14 heavy (non-hydrogen) atoms. The summed E-state index contributed by atoms with van der Waals surface area (Å²) in [5.74, 6) is 0.663. The molecular weight excluding hydrogens is 202 g/mol. The number of fused-ring (bicyclic) bond motifs is 1. The van der Waals surface area contributed by atoms with Crippen molar-refractivity contribution in [3.63, 3.8) is 0 Å². The smallest absolute Gasteiger partial charge is 0.241 e. The maximum Gasteiger partial charge on any atom is 0.241 e. The average molecular weight is 211 g/mol. The molecule has 0 saturated heterocycles. The predicted molar refractivity (Wildman–Crippen MR) is 52.3 cm³/mol. The second-order valence-corrected chi connectivity index (χ2v) is 4.61. The zero-order valence-corrected chi connectivity index (χ0v) is 8.34. The summed E-state index contributed by atoms with van der Waals surface area (Å²) in [6, 6.07) is 6.61. The van der Waals surface area contributed by atoms with Crippen molar-refractivity contribution >= 4 is 21.0 Å². The van der Waals surface area contributed by atoms with E-state index in [2.05, 4.69) is 0 Å². The van der Waals surface area contributed by atoms with E-state index in [4.69, 9.17) is 9.56 Å². The molecule has 74 valence electrons. The highest BCUT2D eigenvalue weighted by molar-refractivity contribution is 7.89. The number of aryl methyl sites for hydroxylation is 1. The van der Waals surface area contributed by atoms with Crippen LogP contribution in [0.5, 0.6) is 0 Å². The van der Waals surface area contributed by atoms with Gasteiger partial charge in [-0.25, -0.2) is 13.6 Å². The normalized spacial score (nSPS) is 12.1. The molecule has 1 heterocycles. The molecule has 2 rings (SSSR count). The lowest BCUT2D eigenvalue weighted by atomic mass is 10.2. The summed E-state index contributed by atoms with van der Waals surface area (Å²) < 4.78 is 27.6. The van der Waals surface area contributed by atoms with Crippen molar-refractivity contribution in [1.82, 2.24) is 0 Å². The van der Waals surface area contributed by atoms with Gasteiger partial charge in [0.15, 0.2) is 5.58 Å². The van der Waals surface area contributed by atoms with Crippen LogP contribution in [0.3, 0.4) is 0 Å². The van der Waals surface area contributed by atoms with Crippen molar-refractivity contribution in [3.8, 4) is 0 Å². The van der Waals surface area contributed by atoms with Gasteiger partial charge in [-0.1, -0.05) is 12.1 Å². The molecule has 0 bridgehead atoms. The van der Waals surface area contributed by atoms with Crippen molar-refractivity contribution in [2.75, 3.05) is 0 Å². The fourth-order valence-electron chi connectivity index (χ4n) is 1.39. The first kappa shape index (κ1) is 9.23. The van der Waals surface area contributed by atoms with Gasteiger partial charge >= 0.3 is 0 Å². The van der Waals surface area contributed by atoms with Crippen LogP contribution in [0.4, 0.5) is 0 Å². The van der Waals surface area contributed by atoms with Crippen LogP contribution in [0.15, 0.2) is 33.6 Å². The Morgan fingerprint density at radius 2 is 2.07 bits per heavy atom. The molecule has 1 aromatic heterocycles. The van der Waals surface area contributed by atoms with E-state index in [9.17, 15) is 8.42 Å². The molecule has 1 aromatic carbocycles. The fraction of sp³-hybridized carbons (Fsp3) is 0.111. The zero-order chi connectivity index (χ0) is 10.3. The number of furan rings is 1. The number of rotatable bonds is 1. The summed E-state index contributed by atoms with van der Waals surface area (Å²) in [4.78, 5) is 0.0306. The van der Waals surface area contributed by atoms with Crippen LogP contribution < -0.4 is 5.14 Å². The number of hydrogen-bond donors (Lipinski definition) is 1. The minimum absolute atomic E-state index is 0.0306. The lowest BCUT2D eigenvalue weighted by Crippen LogP contribution is -2.12. The second kappa shape index (κ2) is 2.83. The molecule has 2 aromatic rings. The third-order valence-electron chi connectivity index (χ3n) is 1.94.